The van der Waals surface area contributed by atoms with E-state index in [1.165, 1.54) is 29.8 Å². The topological polar surface area (TPSA) is 53.1 Å². The lowest BCUT2D eigenvalue weighted by Crippen LogP contribution is -2.56. The van der Waals surface area contributed by atoms with Crippen molar-refractivity contribution in [2.24, 2.45) is 0 Å². The van der Waals surface area contributed by atoms with Crippen LogP contribution < -0.4 is 9.64 Å². The number of anilines is 1. The summed E-state index contributed by atoms with van der Waals surface area (Å²) in [5.74, 6) is 0.224. The molecule has 5 rings (SSSR count). The first-order chi connectivity index (χ1) is 24.7. The first-order valence-electron chi connectivity index (χ1n) is 17.6. The van der Waals surface area contributed by atoms with E-state index >= 15 is 0 Å². The number of nitrogens with zero attached hydrogens (tertiary/aromatic N) is 3. The number of hydrogen-bond donors (Lipinski definition) is 0. The predicted octanol–water partition coefficient (Wildman–Crippen LogP) is 8.45. The van der Waals surface area contributed by atoms with Crippen molar-refractivity contribution in [3.63, 3.8) is 0 Å². The van der Waals surface area contributed by atoms with Gasteiger partial charge >= 0.3 is 6.18 Å². The number of piperazine rings is 1. The second-order valence-corrected chi connectivity index (χ2v) is 12.9. The van der Waals surface area contributed by atoms with Crippen LogP contribution in [0.15, 0.2) is 109 Å². The Bertz CT molecular complexity index is 1730. The fourth-order valence-corrected chi connectivity index (χ4v) is 6.41. The van der Waals surface area contributed by atoms with Crippen molar-refractivity contribution >= 4 is 23.6 Å². The van der Waals surface area contributed by atoms with E-state index < -0.39 is 23.7 Å². The average molecular weight is 698 g/mol. The average Bonchev–Trinajstić information content (AvgIpc) is 3.16. The molecule has 6 nitrogen and oxygen atoms in total. The number of amides is 2. The summed E-state index contributed by atoms with van der Waals surface area (Å²) in [6, 6.07) is 29.5. The fraction of sp³-hybridized carbons (Fsp3) is 0.333. The Hall–Kier alpha value is -5.05. The second-order valence-electron chi connectivity index (χ2n) is 12.9. The van der Waals surface area contributed by atoms with Crippen molar-refractivity contribution < 1.29 is 27.5 Å². The summed E-state index contributed by atoms with van der Waals surface area (Å²) in [5.41, 5.74) is 3.68. The zero-order valence-corrected chi connectivity index (χ0v) is 29.3. The summed E-state index contributed by atoms with van der Waals surface area (Å²) >= 11 is 0. The Labute approximate surface area is 299 Å². The minimum absolute atomic E-state index is 0.147. The first kappa shape index (κ1) is 37.2. The molecule has 0 aromatic heterocycles. The molecule has 1 fully saturated rings. The zero-order valence-electron chi connectivity index (χ0n) is 29.3. The Morgan fingerprint density at radius 3 is 2.10 bits per heavy atom. The van der Waals surface area contributed by atoms with Gasteiger partial charge in [0.1, 0.15) is 11.8 Å². The van der Waals surface area contributed by atoms with Crippen LogP contribution in [0.2, 0.25) is 0 Å². The van der Waals surface area contributed by atoms with Crippen LogP contribution >= 0.6 is 0 Å². The number of para-hydroxylation sites is 2. The monoisotopic (exact) mass is 697 g/mol. The Balaban J connectivity index is 1.43. The largest absolute Gasteiger partial charge is 0.495 e. The number of alkyl halides is 3. The van der Waals surface area contributed by atoms with E-state index in [0.717, 1.165) is 60.4 Å². The maximum atomic E-state index is 14.6. The van der Waals surface area contributed by atoms with Gasteiger partial charge in [-0.15, -0.1) is 0 Å². The highest BCUT2D eigenvalue weighted by Crippen LogP contribution is 2.30. The summed E-state index contributed by atoms with van der Waals surface area (Å²) in [6.07, 6.45) is 3.09. The van der Waals surface area contributed by atoms with Crippen LogP contribution in [0.3, 0.4) is 0 Å². The van der Waals surface area contributed by atoms with Gasteiger partial charge in [0, 0.05) is 45.2 Å². The molecule has 4 aromatic carbocycles. The summed E-state index contributed by atoms with van der Waals surface area (Å²) < 4.78 is 45.1. The molecule has 0 aliphatic carbocycles. The number of rotatable bonds is 14. The predicted molar refractivity (Wildman–Crippen MR) is 196 cm³/mol. The molecular formula is C42H46F3N3O3. The number of carbonyl (C=O) groups is 2. The van der Waals surface area contributed by atoms with Crippen LogP contribution in [0.5, 0.6) is 5.75 Å². The number of carbonyl (C=O) groups excluding carboxylic acids is 2. The number of ether oxygens (including phenoxy) is 1. The van der Waals surface area contributed by atoms with E-state index in [4.69, 9.17) is 4.74 Å². The Kier molecular flexibility index (Phi) is 12.9. The number of methoxy groups -OCH3 is 1. The van der Waals surface area contributed by atoms with Crippen molar-refractivity contribution in [3.05, 3.63) is 137 Å². The molecule has 0 saturated carbocycles. The molecule has 2 amide bonds. The van der Waals surface area contributed by atoms with Crippen molar-refractivity contribution in [1.29, 1.82) is 0 Å². The number of aryl methyl sites for hydroxylation is 1. The van der Waals surface area contributed by atoms with Crippen molar-refractivity contribution in [3.8, 4) is 5.75 Å². The van der Waals surface area contributed by atoms with E-state index in [9.17, 15) is 22.8 Å². The molecule has 9 heteroatoms. The highest BCUT2D eigenvalue weighted by atomic mass is 19.4. The van der Waals surface area contributed by atoms with Gasteiger partial charge in [0.25, 0.3) is 0 Å². The third-order valence-electron chi connectivity index (χ3n) is 9.33. The molecule has 0 spiro atoms. The van der Waals surface area contributed by atoms with E-state index in [1.54, 1.807) is 12.0 Å². The van der Waals surface area contributed by atoms with Gasteiger partial charge in [0.2, 0.25) is 11.8 Å². The van der Waals surface area contributed by atoms with Crippen molar-refractivity contribution in [2.45, 2.75) is 57.8 Å². The minimum Gasteiger partial charge on any atom is -0.495 e. The highest BCUT2D eigenvalue weighted by Gasteiger charge is 2.34. The second kappa shape index (κ2) is 17.7. The van der Waals surface area contributed by atoms with Gasteiger partial charge in [-0.25, -0.2) is 0 Å². The standard InChI is InChI=1S/C42H46F3N3O3/c1-3-4-6-11-32-16-18-35(19-17-32)31-48(40(49)25-22-33-20-23-36(24-21-33)42(43,44)45)38(30-34-12-7-5-8-13-34)41(50)47-28-26-46(27-29-47)37-14-9-10-15-39(37)51-2/h5,7-10,12-25,38H,3-4,6,11,26-31H2,1-2H3/t38-/m0/s1. The molecule has 1 aliphatic rings. The summed E-state index contributed by atoms with van der Waals surface area (Å²) in [5, 5.41) is 0. The zero-order chi connectivity index (χ0) is 36.2. The van der Waals surface area contributed by atoms with E-state index in [2.05, 4.69) is 24.0 Å². The molecule has 0 bridgehead atoms. The molecule has 268 valence electrons. The molecule has 1 heterocycles. The quantitative estimate of drug-likeness (QED) is 0.0981. The van der Waals surface area contributed by atoms with E-state index in [0.29, 0.717) is 38.2 Å². The van der Waals surface area contributed by atoms with Crippen LogP contribution in [0.25, 0.3) is 6.08 Å². The third-order valence-corrected chi connectivity index (χ3v) is 9.33. The van der Waals surface area contributed by atoms with Crippen molar-refractivity contribution in [1.82, 2.24) is 9.80 Å². The van der Waals surface area contributed by atoms with Gasteiger partial charge in [-0.05, 0) is 65.4 Å². The van der Waals surface area contributed by atoms with Crippen LogP contribution in [-0.4, -0.2) is 60.9 Å². The number of benzene rings is 4. The fourth-order valence-electron chi connectivity index (χ4n) is 6.41. The van der Waals surface area contributed by atoms with Gasteiger partial charge < -0.3 is 19.4 Å². The van der Waals surface area contributed by atoms with Gasteiger partial charge in [-0.3, -0.25) is 9.59 Å². The highest BCUT2D eigenvalue weighted by molar-refractivity contribution is 5.96. The molecule has 51 heavy (non-hydrogen) atoms. The number of halogens is 3. The lowest BCUT2D eigenvalue weighted by atomic mass is 10.0. The van der Waals surface area contributed by atoms with E-state index in [1.807, 2.05) is 71.6 Å². The van der Waals surface area contributed by atoms with Gasteiger partial charge in [0.05, 0.1) is 18.4 Å². The lowest BCUT2D eigenvalue weighted by Gasteiger charge is -2.40. The lowest BCUT2D eigenvalue weighted by molar-refractivity contribution is -0.144. The summed E-state index contributed by atoms with van der Waals surface area (Å²) in [7, 11) is 1.64. The van der Waals surface area contributed by atoms with Crippen LogP contribution in [0.4, 0.5) is 18.9 Å². The SMILES string of the molecule is CCCCCc1ccc(CN(C(=O)C=Cc2ccc(C(F)(F)F)cc2)[C@@H](Cc2ccccc2)C(=O)N2CCN(c3ccccc3OC)CC2)cc1. The van der Waals surface area contributed by atoms with Gasteiger partial charge in [-0.2, -0.15) is 13.2 Å². The maximum absolute atomic E-state index is 14.6. The minimum atomic E-state index is -4.45. The number of unbranched alkanes of at least 4 members (excludes halogenated alkanes) is 2. The van der Waals surface area contributed by atoms with Crippen LogP contribution in [0.1, 0.15) is 54.0 Å². The molecular weight excluding hydrogens is 651 g/mol. The molecule has 0 radical (unpaired) electrons. The van der Waals surface area contributed by atoms with Crippen molar-refractivity contribution in [2.75, 3.05) is 38.2 Å². The smallest absolute Gasteiger partial charge is 0.416 e. The molecule has 4 aromatic rings. The van der Waals surface area contributed by atoms with Crippen LogP contribution in [-0.2, 0) is 35.2 Å². The van der Waals surface area contributed by atoms with Gasteiger partial charge in [-0.1, -0.05) is 98.6 Å². The molecule has 1 atom stereocenters. The Morgan fingerprint density at radius 1 is 0.804 bits per heavy atom. The molecule has 0 N–H and O–H groups in total. The summed E-state index contributed by atoms with van der Waals surface area (Å²) in [6.45, 7) is 4.51. The van der Waals surface area contributed by atoms with E-state index in [-0.39, 0.29) is 12.5 Å². The van der Waals surface area contributed by atoms with Gasteiger partial charge in [0.15, 0.2) is 0 Å². The molecule has 1 aliphatic heterocycles. The number of hydrogen-bond acceptors (Lipinski definition) is 4. The third kappa shape index (κ3) is 10.2. The summed E-state index contributed by atoms with van der Waals surface area (Å²) in [4.78, 5) is 34.4. The molecule has 1 saturated heterocycles. The first-order valence-corrected chi connectivity index (χ1v) is 17.6. The van der Waals surface area contributed by atoms with Crippen LogP contribution in [0, 0.1) is 0 Å². The normalized spacial score (nSPS) is 14.1. The maximum Gasteiger partial charge on any atom is 0.416 e. The molecule has 0 unspecified atom stereocenters. The Morgan fingerprint density at radius 2 is 1.45 bits per heavy atom.